The minimum absolute atomic E-state index is 0.0310. The SMILES string of the molecule is Cc1ccc(F)c([C@@H](CC#N)N2CCNCC2)c1F. The van der Waals surface area contributed by atoms with Gasteiger partial charge in [-0.3, -0.25) is 4.90 Å². The number of hydrogen-bond acceptors (Lipinski definition) is 3. The fraction of sp³-hybridized carbons (Fsp3) is 0.500. The average Bonchev–Trinajstić information content (AvgIpc) is 2.43. The Morgan fingerprint density at radius 3 is 2.68 bits per heavy atom. The van der Waals surface area contributed by atoms with Crippen molar-refractivity contribution in [2.24, 2.45) is 0 Å². The molecular formula is C14H17F2N3. The number of nitrogens with one attached hydrogen (secondary N) is 1. The zero-order valence-electron chi connectivity index (χ0n) is 10.9. The van der Waals surface area contributed by atoms with E-state index in [1.807, 2.05) is 11.0 Å². The summed E-state index contributed by atoms with van der Waals surface area (Å²) >= 11 is 0. The molecule has 1 atom stereocenters. The summed E-state index contributed by atoms with van der Waals surface area (Å²) < 4.78 is 28.2. The van der Waals surface area contributed by atoms with Crippen LogP contribution >= 0.6 is 0 Å². The van der Waals surface area contributed by atoms with Crippen LogP contribution in [-0.2, 0) is 0 Å². The van der Waals surface area contributed by atoms with Crippen molar-refractivity contribution < 1.29 is 8.78 Å². The first kappa shape index (κ1) is 13.9. The van der Waals surface area contributed by atoms with E-state index in [1.54, 1.807) is 6.92 Å². The van der Waals surface area contributed by atoms with E-state index >= 15 is 0 Å². The second kappa shape index (κ2) is 6.09. The van der Waals surface area contributed by atoms with Gasteiger partial charge in [-0.05, 0) is 18.6 Å². The number of benzene rings is 1. The summed E-state index contributed by atoms with van der Waals surface area (Å²) in [5, 5.41) is 12.1. The average molecular weight is 265 g/mol. The first-order valence-electron chi connectivity index (χ1n) is 6.41. The molecule has 1 aromatic carbocycles. The highest BCUT2D eigenvalue weighted by Gasteiger charge is 2.27. The molecule has 0 aromatic heterocycles. The van der Waals surface area contributed by atoms with Gasteiger partial charge in [0.15, 0.2) is 0 Å². The van der Waals surface area contributed by atoms with Gasteiger partial charge in [0.2, 0.25) is 0 Å². The predicted octanol–water partition coefficient (Wildman–Crippen LogP) is 2.13. The van der Waals surface area contributed by atoms with Crippen molar-refractivity contribution in [1.82, 2.24) is 10.2 Å². The van der Waals surface area contributed by atoms with Gasteiger partial charge in [-0.2, -0.15) is 5.26 Å². The highest BCUT2D eigenvalue weighted by molar-refractivity contribution is 5.30. The third kappa shape index (κ3) is 2.91. The third-order valence-corrected chi connectivity index (χ3v) is 3.53. The van der Waals surface area contributed by atoms with E-state index in [-0.39, 0.29) is 12.0 Å². The van der Waals surface area contributed by atoms with Crippen molar-refractivity contribution in [3.05, 3.63) is 34.9 Å². The maximum Gasteiger partial charge on any atom is 0.133 e. The van der Waals surface area contributed by atoms with E-state index < -0.39 is 17.7 Å². The molecule has 1 aromatic rings. The van der Waals surface area contributed by atoms with Crippen molar-refractivity contribution in [3.8, 4) is 6.07 Å². The predicted molar refractivity (Wildman–Crippen MR) is 68.5 cm³/mol. The van der Waals surface area contributed by atoms with Gasteiger partial charge >= 0.3 is 0 Å². The number of halogens is 2. The Morgan fingerprint density at radius 2 is 2.05 bits per heavy atom. The fourth-order valence-corrected chi connectivity index (χ4v) is 2.48. The minimum Gasteiger partial charge on any atom is -0.314 e. The molecule has 0 saturated carbocycles. The Morgan fingerprint density at radius 1 is 1.37 bits per heavy atom. The molecule has 1 fully saturated rings. The molecule has 5 heteroatoms. The van der Waals surface area contributed by atoms with E-state index in [0.29, 0.717) is 18.7 Å². The summed E-state index contributed by atoms with van der Waals surface area (Å²) in [6.07, 6.45) is 0.0945. The van der Waals surface area contributed by atoms with Crippen molar-refractivity contribution in [2.45, 2.75) is 19.4 Å². The lowest BCUT2D eigenvalue weighted by molar-refractivity contribution is 0.169. The number of aryl methyl sites for hydroxylation is 1. The van der Waals surface area contributed by atoms with Gasteiger partial charge in [-0.25, -0.2) is 8.78 Å². The van der Waals surface area contributed by atoms with Gasteiger partial charge in [-0.1, -0.05) is 6.07 Å². The topological polar surface area (TPSA) is 39.1 Å². The molecular weight excluding hydrogens is 248 g/mol. The van der Waals surface area contributed by atoms with Crippen molar-refractivity contribution >= 4 is 0 Å². The Labute approximate surface area is 111 Å². The largest absolute Gasteiger partial charge is 0.314 e. The van der Waals surface area contributed by atoms with Crippen LogP contribution in [0.25, 0.3) is 0 Å². The lowest BCUT2D eigenvalue weighted by Crippen LogP contribution is -2.45. The molecule has 2 rings (SSSR count). The quantitative estimate of drug-likeness (QED) is 0.910. The summed E-state index contributed by atoms with van der Waals surface area (Å²) in [7, 11) is 0. The Bertz CT molecular complexity index is 490. The van der Waals surface area contributed by atoms with Crippen LogP contribution in [0.5, 0.6) is 0 Å². The fourth-order valence-electron chi connectivity index (χ4n) is 2.48. The summed E-state index contributed by atoms with van der Waals surface area (Å²) in [6, 6.07) is 4.24. The van der Waals surface area contributed by atoms with Crippen LogP contribution in [0.1, 0.15) is 23.6 Å². The monoisotopic (exact) mass is 265 g/mol. The first-order chi connectivity index (χ1) is 9.15. The molecule has 19 heavy (non-hydrogen) atoms. The molecule has 1 N–H and O–H groups in total. The summed E-state index contributed by atoms with van der Waals surface area (Å²) in [5.74, 6) is -1.10. The smallest absolute Gasteiger partial charge is 0.133 e. The Hall–Kier alpha value is -1.51. The number of nitrogens with zero attached hydrogens (tertiary/aromatic N) is 2. The number of nitriles is 1. The molecule has 0 unspecified atom stereocenters. The third-order valence-electron chi connectivity index (χ3n) is 3.53. The van der Waals surface area contributed by atoms with Crippen molar-refractivity contribution in [1.29, 1.82) is 5.26 Å². The van der Waals surface area contributed by atoms with E-state index in [1.165, 1.54) is 12.1 Å². The van der Waals surface area contributed by atoms with Crippen LogP contribution in [0.2, 0.25) is 0 Å². The summed E-state index contributed by atoms with van der Waals surface area (Å²) in [6.45, 7) is 4.55. The summed E-state index contributed by atoms with van der Waals surface area (Å²) in [4.78, 5) is 1.97. The van der Waals surface area contributed by atoms with Crippen LogP contribution < -0.4 is 5.32 Å². The lowest BCUT2D eigenvalue weighted by atomic mass is 9.98. The van der Waals surface area contributed by atoms with Crippen LogP contribution in [0, 0.1) is 29.9 Å². The van der Waals surface area contributed by atoms with Gasteiger partial charge in [0.1, 0.15) is 11.6 Å². The zero-order chi connectivity index (χ0) is 13.8. The molecule has 0 spiro atoms. The Kier molecular flexibility index (Phi) is 4.46. The molecule has 1 aliphatic heterocycles. The first-order valence-corrected chi connectivity index (χ1v) is 6.41. The maximum absolute atomic E-state index is 14.2. The molecule has 3 nitrogen and oxygen atoms in total. The van der Waals surface area contributed by atoms with Gasteiger partial charge in [0.05, 0.1) is 18.5 Å². The molecule has 0 amide bonds. The molecule has 1 heterocycles. The maximum atomic E-state index is 14.2. The van der Waals surface area contributed by atoms with Gasteiger partial charge in [0.25, 0.3) is 0 Å². The van der Waals surface area contributed by atoms with Crippen LogP contribution in [-0.4, -0.2) is 31.1 Å². The highest BCUT2D eigenvalue weighted by Crippen LogP contribution is 2.30. The molecule has 0 radical (unpaired) electrons. The highest BCUT2D eigenvalue weighted by atomic mass is 19.1. The second-order valence-corrected chi connectivity index (χ2v) is 4.76. The lowest BCUT2D eigenvalue weighted by Gasteiger charge is -2.34. The number of hydrogen-bond donors (Lipinski definition) is 1. The van der Waals surface area contributed by atoms with Crippen molar-refractivity contribution in [3.63, 3.8) is 0 Å². The molecule has 0 aliphatic carbocycles. The van der Waals surface area contributed by atoms with E-state index in [2.05, 4.69) is 5.32 Å². The van der Waals surface area contributed by atoms with Gasteiger partial charge in [-0.15, -0.1) is 0 Å². The van der Waals surface area contributed by atoms with Crippen LogP contribution in [0.15, 0.2) is 12.1 Å². The number of rotatable bonds is 3. The Balaban J connectivity index is 2.38. The van der Waals surface area contributed by atoms with E-state index in [0.717, 1.165) is 13.1 Å². The molecule has 102 valence electrons. The summed E-state index contributed by atoms with van der Waals surface area (Å²) in [5.41, 5.74) is 0.443. The van der Waals surface area contributed by atoms with E-state index in [4.69, 9.17) is 5.26 Å². The van der Waals surface area contributed by atoms with Gasteiger partial charge < -0.3 is 5.32 Å². The van der Waals surface area contributed by atoms with E-state index in [9.17, 15) is 8.78 Å². The molecule has 1 saturated heterocycles. The molecule has 0 bridgehead atoms. The minimum atomic E-state index is -0.568. The second-order valence-electron chi connectivity index (χ2n) is 4.76. The number of piperazine rings is 1. The van der Waals surface area contributed by atoms with Crippen LogP contribution in [0.3, 0.4) is 0 Å². The van der Waals surface area contributed by atoms with Crippen LogP contribution in [0.4, 0.5) is 8.78 Å². The molecule has 1 aliphatic rings. The van der Waals surface area contributed by atoms with Gasteiger partial charge in [0, 0.05) is 31.7 Å². The van der Waals surface area contributed by atoms with Crippen molar-refractivity contribution in [2.75, 3.05) is 26.2 Å². The normalized spacial score (nSPS) is 18.0. The standard InChI is InChI=1S/C14H17F2N3/c1-10-2-3-11(15)13(14(10)16)12(4-5-17)19-8-6-18-7-9-19/h2-3,12,18H,4,6-9H2,1H3/t12-/m1/s1. The zero-order valence-corrected chi connectivity index (χ0v) is 10.9.